The van der Waals surface area contributed by atoms with Crippen LogP contribution in [-0.4, -0.2) is 32.8 Å². The molecular weight excluding hydrogens is 390 g/mol. The predicted octanol–water partition coefficient (Wildman–Crippen LogP) is 3.45. The van der Waals surface area contributed by atoms with Crippen LogP contribution in [0.2, 0.25) is 0 Å². The first-order valence-electron chi connectivity index (χ1n) is 10.2. The van der Waals surface area contributed by atoms with Gasteiger partial charge in [0.1, 0.15) is 5.82 Å². The van der Waals surface area contributed by atoms with Crippen molar-refractivity contribution in [2.45, 2.75) is 25.4 Å². The summed E-state index contributed by atoms with van der Waals surface area (Å²) >= 11 is 0. The van der Waals surface area contributed by atoms with Crippen molar-refractivity contribution in [1.29, 1.82) is 0 Å². The molecule has 7 nitrogen and oxygen atoms in total. The van der Waals surface area contributed by atoms with Crippen molar-refractivity contribution in [3.8, 4) is 11.3 Å². The van der Waals surface area contributed by atoms with Crippen LogP contribution in [0.25, 0.3) is 22.3 Å². The maximum Gasteiger partial charge on any atom is 0.251 e. The lowest BCUT2D eigenvalue weighted by molar-refractivity contribution is 0.0942. The van der Waals surface area contributed by atoms with Crippen LogP contribution in [0.15, 0.2) is 66.9 Å². The molecule has 1 aliphatic carbocycles. The molecule has 1 aliphatic rings. The lowest BCUT2D eigenvalue weighted by atomic mass is 10.1. The van der Waals surface area contributed by atoms with Gasteiger partial charge >= 0.3 is 0 Å². The first kappa shape index (κ1) is 19.0. The van der Waals surface area contributed by atoms with Gasteiger partial charge in [0.05, 0.1) is 23.3 Å². The van der Waals surface area contributed by atoms with Gasteiger partial charge in [-0.1, -0.05) is 24.3 Å². The second-order valence-corrected chi connectivity index (χ2v) is 7.64. The number of nitrogens with one attached hydrogen (secondary N) is 3. The largest absolute Gasteiger partial charge is 0.349 e. The number of pyridine rings is 1. The van der Waals surface area contributed by atoms with Crippen LogP contribution >= 0.6 is 0 Å². The van der Waals surface area contributed by atoms with E-state index < -0.39 is 0 Å². The van der Waals surface area contributed by atoms with E-state index in [-0.39, 0.29) is 11.8 Å². The molecule has 31 heavy (non-hydrogen) atoms. The standard InChI is InChI=1S/C24H21N5O2/c30-23(26-14-22-28-19-3-1-2-4-20(19)29-22)17-11-12-25-21(13-17)15-5-7-16(8-6-15)24(31)27-18-9-10-18/h1-8,11-13,18H,9-10,14H2,(H,26,30)(H,27,31)(H,28,29). The van der Waals surface area contributed by atoms with Gasteiger partial charge in [-0.25, -0.2) is 4.98 Å². The third-order valence-corrected chi connectivity index (χ3v) is 5.23. The van der Waals surface area contributed by atoms with Gasteiger partial charge in [0, 0.05) is 28.9 Å². The zero-order valence-electron chi connectivity index (χ0n) is 16.8. The van der Waals surface area contributed by atoms with E-state index in [2.05, 4.69) is 25.6 Å². The number of hydrogen-bond donors (Lipinski definition) is 3. The number of amides is 2. The molecule has 4 aromatic rings. The average molecular weight is 411 g/mol. The lowest BCUT2D eigenvalue weighted by Crippen LogP contribution is -2.25. The number of carbonyl (C=O) groups is 2. The smallest absolute Gasteiger partial charge is 0.251 e. The van der Waals surface area contributed by atoms with Gasteiger partial charge in [-0.15, -0.1) is 0 Å². The van der Waals surface area contributed by atoms with Crippen molar-refractivity contribution >= 4 is 22.8 Å². The highest BCUT2D eigenvalue weighted by atomic mass is 16.2. The van der Waals surface area contributed by atoms with E-state index in [4.69, 9.17) is 0 Å². The SMILES string of the molecule is O=C(NCc1nc2ccccc2[nH]1)c1ccnc(-c2ccc(C(=O)NC3CC3)cc2)c1. The number of rotatable bonds is 6. The highest BCUT2D eigenvalue weighted by molar-refractivity contribution is 5.96. The van der Waals surface area contributed by atoms with Crippen LogP contribution in [0, 0.1) is 0 Å². The van der Waals surface area contributed by atoms with Crippen LogP contribution in [0.4, 0.5) is 0 Å². The molecule has 0 radical (unpaired) electrons. The molecule has 7 heteroatoms. The summed E-state index contributed by atoms with van der Waals surface area (Å²) in [6.45, 7) is 0.302. The minimum absolute atomic E-state index is 0.0549. The Morgan fingerprint density at radius 1 is 0.968 bits per heavy atom. The highest BCUT2D eigenvalue weighted by Gasteiger charge is 2.23. The summed E-state index contributed by atoms with van der Waals surface area (Å²) in [5, 5.41) is 5.86. The molecule has 0 aliphatic heterocycles. The van der Waals surface area contributed by atoms with Gasteiger partial charge < -0.3 is 15.6 Å². The molecule has 154 valence electrons. The molecule has 0 atom stereocenters. The Bertz CT molecular complexity index is 1230. The molecule has 5 rings (SSSR count). The van der Waals surface area contributed by atoms with Crippen molar-refractivity contribution in [3.05, 3.63) is 83.8 Å². The van der Waals surface area contributed by atoms with E-state index in [0.29, 0.717) is 35.2 Å². The van der Waals surface area contributed by atoms with Crippen LogP contribution in [0.5, 0.6) is 0 Å². The number of aromatic nitrogens is 3. The summed E-state index contributed by atoms with van der Waals surface area (Å²) in [5.41, 5.74) is 4.45. The number of benzene rings is 2. The first-order valence-corrected chi connectivity index (χ1v) is 10.2. The summed E-state index contributed by atoms with van der Waals surface area (Å²) in [5.74, 6) is 0.439. The Balaban J connectivity index is 1.26. The molecular formula is C24H21N5O2. The molecule has 0 unspecified atom stereocenters. The molecule has 0 saturated heterocycles. The Kier molecular flexibility index (Phi) is 4.92. The molecule has 1 saturated carbocycles. The summed E-state index contributed by atoms with van der Waals surface area (Å²) in [4.78, 5) is 36.8. The van der Waals surface area contributed by atoms with Gasteiger partial charge in [-0.05, 0) is 49.2 Å². The highest BCUT2D eigenvalue weighted by Crippen LogP contribution is 2.21. The number of H-pyrrole nitrogens is 1. The van der Waals surface area contributed by atoms with E-state index in [1.165, 1.54) is 0 Å². The lowest BCUT2D eigenvalue weighted by Gasteiger charge is -2.07. The van der Waals surface area contributed by atoms with E-state index in [0.717, 1.165) is 29.4 Å². The summed E-state index contributed by atoms with van der Waals surface area (Å²) in [6.07, 6.45) is 3.72. The second kappa shape index (κ2) is 8.02. The predicted molar refractivity (Wildman–Crippen MR) is 117 cm³/mol. The van der Waals surface area contributed by atoms with Crippen molar-refractivity contribution in [2.75, 3.05) is 0 Å². The average Bonchev–Trinajstić information content (AvgIpc) is 3.52. The Labute approximate surface area is 178 Å². The first-order chi connectivity index (χ1) is 15.2. The van der Waals surface area contributed by atoms with Crippen LogP contribution in [0.1, 0.15) is 39.4 Å². The normalized spacial score (nSPS) is 13.2. The number of aromatic amines is 1. The fourth-order valence-corrected chi connectivity index (χ4v) is 3.37. The monoisotopic (exact) mass is 411 g/mol. The van der Waals surface area contributed by atoms with E-state index >= 15 is 0 Å². The van der Waals surface area contributed by atoms with E-state index in [1.54, 1.807) is 30.5 Å². The van der Waals surface area contributed by atoms with Crippen LogP contribution in [-0.2, 0) is 6.54 Å². The van der Waals surface area contributed by atoms with Crippen molar-refractivity contribution in [2.24, 2.45) is 0 Å². The van der Waals surface area contributed by atoms with Gasteiger partial charge in [0.15, 0.2) is 0 Å². The molecule has 2 aromatic heterocycles. The quantitative estimate of drug-likeness (QED) is 0.452. The fourth-order valence-electron chi connectivity index (χ4n) is 3.37. The minimum atomic E-state index is -0.204. The zero-order chi connectivity index (χ0) is 21.2. The van der Waals surface area contributed by atoms with Crippen LogP contribution in [0.3, 0.4) is 0 Å². The zero-order valence-corrected chi connectivity index (χ0v) is 16.8. The summed E-state index contributed by atoms with van der Waals surface area (Å²) in [7, 11) is 0. The molecule has 2 amide bonds. The summed E-state index contributed by atoms with van der Waals surface area (Å²) in [6, 6.07) is 18.7. The molecule has 3 N–H and O–H groups in total. The Hall–Kier alpha value is -4.00. The maximum atomic E-state index is 12.6. The van der Waals surface area contributed by atoms with Gasteiger partial charge in [0.2, 0.25) is 0 Å². The Morgan fingerprint density at radius 2 is 1.77 bits per heavy atom. The number of para-hydroxylation sites is 2. The van der Waals surface area contributed by atoms with Crippen molar-refractivity contribution < 1.29 is 9.59 Å². The number of fused-ring (bicyclic) bond motifs is 1. The van der Waals surface area contributed by atoms with E-state index in [9.17, 15) is 9.59 Å². The topological polar surface area (TPSA) is 99.8 Å². The minimum Gasteiger partial charge on any atom is -0.349 e. The fraction of sp³-hybridized carbons (Fsp3) is 0.167. The van der Waals surface area contributed by atoms with E-state index in [1.807, 2.05) is 36.4 Å². The molecule has 0 spiro atoms. The number of imidazole rings is 1. The third-order valence-electron chi connectivity index (χ3n) is 5.23. The molecule has 0 bridgehead atoms. The molecule has 1 fully saturated rings. The number of carbonyl (C=O) groups excluding carboxylic acids is 2. The second-order valence-electron chi connectivity index (χ2n) is 7.64. The maximum absolute atomic E-state index is 12.6. The van der Waals surface area contributed by atoms with Crippen LogP contribution < -0.4 is 10.6 Å². The number of nitrogens with zero attached hydrogens (tertiary/aromatic N) is 2. The van der Waals surface area contributed by atoms with Gasteiger partial charge in [0.25, 0.3) is 11.8 Å². The number of hydrogen-bond acceptors (Lipinski definition) is 4. The third kappa shape index (κ3) is 4.30. The van der Waals surface area contributed by atoms with Crippen molar-refractivity contribution in [1.82, 2.24) is 25.6 Å². The Morgan fingerprint density at radius 3 is 2.55 bits per heavy atom. The molecule has 2 heterocycles. The summed E-state index contributed by atoms with van der Waals surface area (Å²) < 4.78 is 0. The van der Waals surface area contributed by atoms with Gasteiger partial charge in [-0.2, -0.15) is 0 Å². The molecule has 2 aromatic carbocycles. The van der Waals surface area contributed by atoms with Crippen molar-refractivity contribution in [3.63, 3.8) is 0 Å². The van der Waals surface area contributed by atoms with Gasteiger partial charge in [-0.3, -0.25) is 14.6 Å².